The van der Waals surface area contributed by atoms with Crippen molar-refractivity contribution in [3.63, 3.8) is 0 Å². The monoisotopic (exact) mass is 129 g/mol. The van der Waals surface area contributed by atoms with Crippen molar-refractivity contribution >= 4 is 0 Å². The highest BCUT2D eigenvalue weighted by atomic mass is 16.5. The van der Waals surface area contributed by atoms with Gasteiger partial charge in [-0.25, -0.2) is 0 Å². The van der Waals surface area contributed by atoms with Crippen LogP contribution in [0, 0.1) is 5.41 Å². The molecule has 0 aliphatic carbocycles. The molecular formula is C7H15NO. The maximum absolute atomic E-state index is 5.59. The Morgan fingerprint density at radius 3 is 2.56 bits per heavy atom. The molecule has 0 aromatic heterocycles. The average Bonchev–Trinajstić information content (AvgIpc) is 1.60. The first kappa shape index (κ1) is 7.03. The molecule has 1 rings (SSSR count). The molecule has 0 spiro atoms. The Labute approximate surface area is 56.4 Å². The van der Waals surface area contributed by atoms with Crippen LogP contribution in [-0.2, 0) is 4.74 Å². The van der Waals surface area contributed by atoms with Crippen molar-refractivity contribution < 1.29 is 4.74 Å². The molecule has 54 valence electrons. The highest BCUT2D eigenvalue weighted by molar-refractivity contribution is 4.74. The highest BCUT2D eigenvalue weighted by Gasteiger charge is 2.25. The zero-order valence-corrected chi connectivity index (χ0v) is 6.18. The summed E-state index contributed by atoms with van der Waals surface area (Å²) in [6, 6.07) is 0. The van der Waals surface area contributed by atoms with Crippen molar-refractivity contribution in [1.82, 2.24) is 0 Å². The molecule has 1 aliphatic rings. The second kappa shape index (κ2) is 2.27. The van der Waals surface area contributed by atoms with Crippen LogP contribution in [0.2, 0.25) is 0 Å². The van der Waals surface area contributed by atoms with Crippen LogP contribution < -0.4 is 5.73 Å². The van der Waals surface area contributed by atoms with E-state index in [-0.39, 0.29) is 6.23 Å². The Balaban J connectivity index is 2.41. The molecule has 1 atom stereocenters. The molecule has 1 heterocycles. The number of ether oxygens (including phenoxy) is 1. The lowest BCUT2D eigenvalue weighted by Gasteiger charge is -2.33. The molecule has 1 saturated heterocycles. The molecule has 1 aliphatic heterocycles. The normalized spacial score (nSPS) is 34.3. The lowest BCUT2D eigenvalue weighted by molar-refractivity contribution is -0.0318. The first-order valence-corrected chi connectivity index (χ1v) is 3.47. The number of nitrogens with two attached hydrogens (primary N) is 1. The summed E-state index contributed by atoms with van der Waals surface area (Å²) in [5.41, 5.74) is 5.99. The van der Waals surface area contributed by atoms with Crippen molar-refractivity contribution in [2.45, 2.75) is 32.9 Å². The molecular weight excluding hydrogens is 114 g/mol. The van der Waals surface area contributed by atoms with E-state index in [0.29, 0.717) is 5.41 Å². The summed E-state index contributed by atoms with van der Waals surface area (Å²) in [4.78, 5) is 0. The van der Waals surface area contributed by atoms with Crippen LogP contribution in [0.5, 0.6) is 0 Å². The SMILES string of the molecule is CC1(C)CCOC(N)C1. The fraction of sp³-hybridized carbons (Fsp3) is 1.00. The predicted molar refractivity (Wildman–Crippen MR) is 36.9 cm³/mol. The van der Waals surface area contributed by atoms with Gasteiger partial charge in [0.2, 0.25) is 0 Å². The fourth-order valence-corrected chi connectivity index (χ4v) is 1.19. The molecule has 0 aromatic carbocycles. The molecule has 0 radical (unpaired) electrons. The smallest absolute Gasteiger partial charge is 0.106 e. The van der Waals surface area contributed by atoms with Gasteiger partial charge >= 0.3 is 0 Å². The molecule has 2 heteroatoms. The summed E-state index contributed by atoms with van der Waals surface area (Å²) in [5.74, 6) is 0. The van der Waals surface area contributed by atoms with E-state index in [1.807, 2.05) is 0 Å². The van der Waals surface area contributed by atoms with Gasteiger partial charge in [0.05, 0.1) is 0 Å². The average molecular weight is 129 g/mol. The van der Waals surface area contributed by atoms with Gasteiger partial charge in [-0.1, -0.05) is 13.8 Å². The first-order chi connectivity index (χ1) is 4.10. The Morgan fingerprint density at radius 2 is 2.22 bits per heavy atom. The van der Waals surface area contributed by atoms with Crippen molar-refractivity contribution in [2.24, 2.45) is 11.1 Å². The van der Waals surface area contributed by atoms with Crippen LogP contribution in [0.3, 0.4) is 0 Å². The van der Waals surface area contributed by atoms with E-state index in [2.05, 4.69) is 13.8 Å². The fourth-order valence-electron chi connectivity index (χ4n) is 1.19. The minimum absolute atomic E-state index is 0.0197. The summed E-state index contributed by atoms with van der Waals surface area (Å²) in [6.07, 6.45) is 2.11. The van der Waals surface area contributed by atoms with Gasteiger partial charge in [-0.05, 0) is 18.3 Å². The molecule has 0 aromatic rings. The van der Waals surface area contributed by atoms with Crippen molar-refractivity contribution in [1.29, 1.82) is 0 Å². The van der Waals surface area contributed by atoms with Crippen molar-refractivity contribution in [3.8, 4) is 0 Å². The number of hydrogen-bond acceptors (Lipinski definition) is 2. The van der Waals surface area contributed by atoms with Crippen LogP contribution in [-0.4, -0.2) is 12.8 Å². The van der Waals surface area contributed by atoms with Gasteiger partial charge < -0.3 is 10.5 Å². The topological polar surface area (TPSA) is 35.2 Å². The van der Waals surface area contributed by atoms with E-state index in [1.54, 1.807) is 0 Å². The molecule has 1 fully saturated rings. The Kier molecular flexibility index (Phi) is 1.78. The molecule has 1 unspecified atom stereocenters. The molecule has 2 nitrogen and oxygen atoms in total. The van der Waals surface area contributed by atoms with Gasteiger partial charge in [0.15, 0.2) is 0 Å². The third kappa shape index (κ3) is 1.95. The Hall–Kier alpha value is -0.0800. The van der Waals surface area contributed by atoms with Gasteiger partial charge in [0.1, 0.15) is 6.23 Å². The Morgan fingerprint density at radius 1 is 1.56 bits per heavy atom. The van der Waals surface area contributed by atoms with E-state index >= 15 is 0 Å². The number of rotatable bonds is 0. The van der Waals surface area contributed by atoms with Gasteiger partial charge in [-0.15, -0.1) is 0 Å². The standard InChI is InChI=1S/C7H15NO/c1-7(2)3-4-9-6(8)5-7/h6H,3-5,8H2,1-2H3. The second-order valence-electron chi connectivity index (χ2n) is 3.53. The molecule has 0 saturated carbocycles. The lowest BCUT2D eigenvalue weighted by Crippen LogP contribution is -2.36. The lowest BCUT2D eigenvalue weighted by atomic mass is 9.84. The zero-order valence-electron chi connectivity index (χ0n) is 6.18. The summed E-state index contributed by atoms with van der Waals surface area (Å²) in [6.45, 7) is 5.29. The molecule has 0 amide bonds. The van der Waals surface area contributed by atoms with Crippen LogP contribution in [0.15, 0.2) is 0 Å². The van der Waals surface area contributed by atoms with Crippen LogP contribution >= 0.6 is 0 Å². The van der Waals surface area contributed by atoms with Gasteiger partial charge in [-0.3, -0.25) is 0 Å². The maximum atomic E-state index is 5.59. The van der Waals surface area contributed by atoms with Crippen molar-refractivity contribution in [3.05, 3.63) is 0 Å². The highest BCUT2D eigenvalue weighted by Crippen LogP contribution is 2.29. The van der Waals surface area contributed by atoms with E-state index in [4.69, 9.17) is 10.5 Å². The van der Waals surface area contributed by atoms with E-state index in [9.17, 15) is 0 Å². The predicted octanol–water partition coefficient (Wildman–Crippen LogP) is 1.11. The zero-order chi connectivity index (χ0) is 6.91. The molecule has 2 N–H and O–H groups in total. The van der Waals surface area contributed by atoms with Crippen LogP contribution in [0.1, 0.15) is 26.7 Å². The minimum Gasteiger partial charge on any atom is -0.364 e. The molecule has 0 bridgehead atoms. The van der Waals surface area contributed by atoms with Crippen LogP contribution in [0.4, 0.5) is 0 Å². The van der Waals surface area contributed by atoms with E-state index in [1.165, 1.54) is 0 Å². The number of hydrogen-bond donors (Lipinski definition) is 1. The summed E-state index contributed by atoms with van der Waals surface area (Å²) < 4.78 is 5.19. The maximum Gasteiger partial charge on any atom is 0.106 e. The summed E-state index contributed by atoms with van der Waals surface area (Å²) in [5, 5.41) is 0. The third-order valence-corrected chi connectivity index (χ3v) is 1.86. The van der Waals surface area contributed by atoms with E-state index < -0.39 is 0 Å². The van der Waals surface area contributed by atoms with Gasteiger partial charge in [-0.2, -0.15) is 0 Å². The third-order valence-electron chi connectivity index (χ3n) is 1.86. The van der Waals surface area contributed by atoms with Crippen LogP contribution in [0.25, 0.3) is 0 Å². The second-order valence-corrected chi connectivity index (χ2v) is 3.53. The van der Waals surface area contributed by atoms with Gasteiger partial charge in [0.25, 0.3) is 0 Å². The largest absolute Gasteiger partial charge is 0.364 e. The van der Waals surface area contributed by atoms with Gasteiger partial charge in [0, 0.05) is 6.61 Å². The Bertz CT molecular complexity index is 101. The van der Waals surface area contributed by atoms with E-state index in [0.717, 1.165) is 19.4 Å². The quantitative estimate of drug-likeness (QED) is 0.531. The minimum atomic E-state index is -0.0197. The first-order valence-electron chi connectivity index (χ1n) is 3.47. The molecule has 9 heavy (non-hydrogen) atoms. The summed E-state index contributed by atoms with van der Waals surface area (Å²) in [7, 11) is 0. The summed E-state index contributed by atoms with van der Waals surface area (Å²) >= 11 is 0. The van der Waals surface area contributed by atoms with Crippen molar-refractivity contribution in [2.75, 3.05) is 6.61 Å².